The Bertz CT molecular complexity index is 1100. The summed E-state index contributed by atoms with van der Waals surface area (Å²) >= 11 is 0. The van der Waals surface area contributed by atoms with Crippen molar-refractivity contribution >= 4 is 11.2 Å². The molecule has 4 rings (SSSR count). The van der Waals surface area contributed by atoms with Crippen molar-refractivity contribution in [2.24, 2.45) is 0 Å². The Labute approximate surface area is 154 Å². The lowest BCUT2D eigenvalue weighted by atomic mass is 10.1. The first-order chi connectivity index (χ1) is 12.9. The van der Waals surface area contributed by atoms with Crippen LogP contribution in [-0.4, -0.2) is 16.7 Å². The van der Waals surface area contributed by atoms with E-state index in [1.165, 1.54) is 12.1 Å². The zero-order valence-corrected chi connectivity index (χ0v) is 14.5. The summed E-state index contributed by atoms with van der Waals surface area (Å²) in [6.07, 6.45) is -2.49. The van der Waals surface area contributed by atoms with E-state index in [4.69, 9.17) is 0 Å². The molecule has 0 aliphatic rings. The number of hydrogen-bond acceptors (Lipinski definition) is 2. The number of nitrogens with one attached hydrogen (secondary N) is 1. The summed E-state index contributed by atoms with van der Waals surface area (Å²) in [5, 5.41) is 7.58. The van der Waals surface area contributed by atoms with E-state index in [2.05, 4.69) is 16.5 Å². The van der Waals surface area contributed by atoms with Crippen molar-refractivity contribution in [2.45, 2.75) is 6.18 Å². The van der Waals surface area contributed by atoms with Gasteiger partial charge < -0.3 is 5.32 Å². The van der Waals surface area contributed by atoms with Crippen molar-refractivity contribution in [3.63, 3.8) is 0 Å². The predicted molar refractivity (Wildman–Crippen MR) is 101 cm³/mol. The molecule has 0 bridgehead atoms. The normalized spacial score (nSPS) is 11.7. The fraction of sp³-hybridized carbons (Fsp3) is 0.0952. The van der Waals surface area contributed by atoms with E-state index in [1.807, 2.05) is 49.6 Å². The van der Waals surface area contributed by atoms with E-state index >= 15 is 0 Å². The maximum atomic E-state index is 12.7. The van der Waals surface area contributed by atoms with Crippen LogP contribution < -0.4 is 5.32 Å². The van der Waals surface area contributed by atoms with Gasteiger partial charge in [-0.15, -0.1) is 0 Å². The molecule has 0 spiro atoms. The molecule has 2 aromatic heterocycles. The number of aromatic nitrogens is 2. The number of rotatable bonds is 3. The summed E-state index contributed by atoms with van der Waals surface area (Å²) < 4.78 is 39.9. The maximum absolute atomic E-state index is 12.7. The number of alkyl halides is 3. The Morgan fingerprint density at radius 2 is 1.59 bits per heavy atom. The molecule has 0 amide bonds. The molecular weight excluding hydrogens is 351 g/mol. The first-order valence-electron chi connectivity index (χ1n) is 8.39. The second kappa shape index (κ2) is 6.46. The zero-order valence-electron chi connectivity index (χ0n) is 14.5. The third-order valence-electron chi connectivity index (χ3n) is 4.46. The first kappa shape index (κ1) is 17.1. The minimum Gasteiger partial charge on any atom is -0.388 e. The summed E-state index contributed by atoms with van der Waals surface area (Å²) in [6.45, 7) is 0. The van der Waals surface area contributed by atoms with Crippen LogP contribution >= 0.6 is 0 Å². The quantitative estimate of drug-likeness (QED) is 0.501. The van der Waals surface area contributed by atoms with Crippen LogP contribution in [-0.2, 0) is 6.18 Å². The van der Waals surface area contributed by atoms with Gasteiger partial charge in [0.2, 0.25) is 0 Å². The monoisotopic (exact) mass is 367 g/mol. The van der Waals surface area contributed by atoms with Gasteiger partial charge >= 0.3 is 6.18 Å². The van der Waals surface area contributed by atoms with E-state index in [9.17, 15) is 13.2 Å². The zero-order chi connectivity index (χ0) is 19.0. The van der Waals surface area contributed by atoms with Crippen LogP contribution in [0.1, 0.15) is 5.56 Å². The summed E-state index contributed by atoms with van der Waals surface area (Å²) in [6, 6.07) is 18.9. The van der Waals surface area contributed by atoms with Crippen molar-refractivity contribution < 1.29 is 13.2 Å². The Hall–Kier alpha value is -3.28. The summed E-state index contributed by atoms with van der Waals surface area (Å²) in [4.78, 5) is 0. The van der Waals surface area contributed by atoms with E-state index in [0.717, 1.165) is 34.5 Å². The third kappa shape index (κ3) is 3.38. The second-order valence-electron chi connectivity index (χ2n) is 6.22. The first-order valence-corrected chi connectivity index (χ1v) is 8.39. The highest BCUT2D eigenvalue weighted by molar-refractivity contribution is 5.74. The number of nitrogens with zero attached hydrogens (tertiary/aromatic N) is 2. The highest BCUT2D eigenvalue weighted by atomic mass is 19.4. The maximum Gasteiger partial charge on any atom is 0.416 e. The molecular formula is C21H16F3N3. The molecule has 0 aliphatic carbocycles. The Morgan fingerprint density at radius 3 is 2.30 bits per heavy atom. The highest BCUT2D eigenvalue weighted by Crippen LogP contribution is 2.31. The molecule has 27 heavy (non-hydrogen) atoms. The number of hydrogen-bond donors (Lipinski definition) is 1. The second-order valence-corrected chi connectivity index (χ2v) is 6.22. The minimum absolute atomic E-state index is 0.629. The molecule has 2 heterocycles. The molecule has 4 aromatic rings. The van der Waals surface area contributed by atoms with Gasteiger partial charge in [0.05, 0.1) is 16.8 Å². The van der Waals surface area contributed by atoms with Gasteiger partial charge in [0, 0.05) is 24.5 Å². The summed E-state index contributed by atoms with van der Waals surface area (Å²) in [5.74, 6) is 0. The smallest absolute Gasteiger partial charge is 0.388 e. The number of anilines is 1. The fourth-order valence-electron chi connectivity index (χ4n) is 3.00. The molecule has 0 saturated carbocycles. The van der Waals surface area contributed by atoms with Gasteiger partial charge in [-0.2, -0.15) is 18.3 Å². The number of pyridine rings is 1. The predicted octanol–water partition coefficient (Wildman–Crippen LogP) is 5.73. The van der Waals surface area contributed by atoms with Gasteiger partial charge in [0.1, 0.15) is 0 Å². The van der Waals surface area contributed by atoms with Crippen molar-refractivity contribution in [1.29, 1.82) is 0 Å². The topological polar surface area (TPSA) is 29.3 Å². The largest absolute Gasteiger partial charge is 0.416 e. The molecule has 0 saturated heterocycles. The van der Waals surface area contributed by atoms with Gasteiger partial charge in [-0.25, -0.2) is 4.52 Å². The Kier molecular flexibility index (Phi) is 4.11. The minimum atomic E-state index is -4.34. The average Bonchev–Trinajstić information content (AvgIpc) is 3.11. The number of benzene rings is 2. The van der Waals surface area contributed by atoms with Gasteiger partial charge in [0.25, 0.3) is 0 Å². The van der Waals surface area contributed by atoms with E-state index in [1.54, 1.807) is 4.52 Å². The highest BCUT2D eigenvalue weighted by Gasteiger charge is 2.30. The van der Waals surface area contributed by atoms with Crippen molar-refractivity contribution in [2.75, 3.05) is 12.4 Å². The summed E-state index contributed by atoms with van der Waals surface area (Å²) in [5.41, 5.74) is 4.61. The van der Waals surface area contributed by atoms with Crippen LogP contribution in [0.3, 0.4) is 0 Å². The molecule has 2 aromatic carbocycles. The molecule has 136 valence electrons. The van der Waals surface area contributed by atoms with Crippen LogP contribution in [0.2, 0.25) is 0 Å². The lowest BCUT2D eigenvalue weighted by molar-refractivity contribution is -0.137. The third-order valence-corrected chi connectivity index (χ3v) is 4.46. The van der Waals surface area contributed by atoms with Gasteiger partial charge in [-0.3, -0.25) is 0 Å². The van der Waals surface area contributed by atoms with Crippen LogP contribution in [0.25, 0.3) is 27.9 Å². The lowest BCUT2D eigenvalue weighted by Gasteiger charge is -2.06. The van der Waals surface area contributed by atoms with Gasteiger partial charge in [0.15, 0.2) is 0 Å². The van der Waals surface area contributed by atoms with Crippen LogP contribution in [0.5, 0.6) is 0 Å². The fourth-order valence-corrected chi connectivity index (χ4v) is 3.00. The molecule has 6 heteroatoms. The van der Waals surface area contributed by atoms with E-state index < -0.39 is 11.7 Å². The molecule has 0 aliphatic heterocycles. The molecule has 0 unspecified atom stereocenters. The molecule has 1 N–H and O–H groups in total. The summed E-state index contributed by atoms with van der Waals surface area (Å²) in [7, 11) is 1.87. The SMILES string of the molecule is CNc1cccc(-c2ccn3nc(-c4ccc(C(F)(F)F)cc4)cc3c2)c1. The van der Waals surface area contributed by atoms with Crippen LogP contribution in [0, 0.1) is 0 Å². The Morgan fingerprint density at radius 1 is 0.852 bits per heavy atom. The van der Waals surface area contributed by atoms with Crippen LogP contribution in [0.4, 0.5) is 18.9 Å². The molecule has 0 radical (unpaired) electrons. The van der Waals surface area contributed by atoms with E-state index in [0.29, 0.717) is 11.3 Å². The standard InChI is InChI=1S/C21H16F3N3/c1-25-18-4-2-3-15(11-18)16-9-10-27-19(12-16)13-20(26-27)14-5-7-17(8-6-14)21(22,23)24/h2-13,25H,1H3. The number of fused-ring (bicyclic) bond motifs is 1. The lowest BCUT2D eigenvalue weighted by Crippen LogP contribution is -2.04. The van der Waals surface area contributed by atoms with Crippen molar-refractivity contribution in [3.8, 4) is 22.4 Å². The number of halogens is 3. The average molecular weight is 367 g/mol. The van der Waals surface area contributed by atoms with Gasteiger partial charge in [-0.05, 0) is 53.6 Å². The molecule has 0 fully saturated rings. The molecule has 3 nitrogen and oxygen atoms in total. The van der Waals surface area contributed by atoms with Crippen LogP contribution in [0.15, 0.2) is 72.9 Å². The molecule has 0 atom stereocenters. The van der Waals surface area contributed by atoms with E-state index in [-0.39, 0.29) is 0 Å². The van der Waals surface area contributed by atoms with Crippen molar-refractivity contribution in [3.05, 3.63) is 78.5 Å². The van der Waals surface area contributed by atoms with Gasteiger partial charge in [-0.1, -0.05) is 24.3 Å². The Balaban J connectivity index is 1.70. The van der Waals surface area contributed by atoms with Crippen molar-refractivity contribution in [1.82, 2.24) is 9.61 Å².